The predicted molar refractivity (Wildman–Crippen MR) is 89.3 cm³/mol. The molecule has 22 heavy (non-hydrogen) atoms. The maximum absolute atomic E-state index is 11.2. The van der Waals surface area contributed by atoms with Crippen LogP contribution in [-0.4, -0.2) is 38.0 Å². The summed E-state index contributed by atoms with van der Waals surface area (Å²) in [5, 5.41) is 0. The van der Waals surface area contributed by atoms with E-state index >= 15 is 0 Å². The van der Waals surface area contributed by atoms with Crippen LogP contribution in [0.1, 0.15) is 50.5 Å². The third-order valence-corrected chi connectivity index (χ3v) is 4.11. The summed E-state index contributed by atoms with van der Waals surface area (Å²) < 4.78 is 15.4. The Labute approximate surface area is 134 Å². The quantitative estimate of drug-likeness (QED) is 0.771. The molecule has 0 aliphatic heterocycles. The van der Waals surface area contributed by atoms with Crippen LogP contribution in [0.25, 0.3) is 0 Å². The molecule has 0 aromatic heterocycles. The number of carbonyl (C=O) groups is 1. The average Bonchev–Trinajstić information content (AvgIpc) is 2.48. The molecule has 0 unspecified atom stereocenters. The number of aryl methyl sites for hydroxylation is 1. The van der Waals surface area contributed by atoms with Crippen LogP contribution < -0.4 is 0 Å². The number of esters is 1. The molecule has 0 radical (unpaired) electrons. The van der Waals surface area contributed by atoms with Gasteiger partial charge in [0.05, 0.1) is 23.4 Å². The molecule has 0 amide bonds. The smallest absolute Gasteiger partial charge is 0.338 e. The van der Waals surface area contributed by atoms with Gasteiger partial charge in [-0.15, -0.1) is 0 Å². The van der Waals surface area contributed by atoms with Crippen LogP contribution in [0.5, 0.6) is 0 Å². The normalized spacial score (nSPS) is 11.5. The average molecular weight is 310 g/mol. The van der Waals surface area contributed by atoms with Crippen LogP contribution in [0.4, 0.5) is 0 Å². The van der Waals surface area contributed by atoms with Crippen LogP contribution >= 0.6 is 0 Å². The number of rotatable bonds is 5. The minimum absolute atomic E-state index is 0.234. The van der Waals surface area contributed by atoms with Gasteiger partial charge in [0.2, 0.25) is 0 Å². The van der Waals surface area contributed by atoms with E-state index in [1.807, 2.05) is 52.8 Å². The molecule has 0 spiro atoms. The molecule has 0 fully saturated rings. The molecule has 0 atom stereocenters. The van der Waals surface area contributed by atoms with Crippen LogP contribution in [0.2, 0.25) is 0 Å². The van der Waals surface area contributed by atoms with E-state index in [1.165, 1.54) is 0 Å². The highest BCUT2D eigenvalue weighted by Crippen LogP contribution is 2.27. The monoisotopic (exact) mass is 310 g/mol. The van der Waals surface area contributed by atoms with Crippen molar-refractivity contribution in [3.63, 3.8) is 0 Å². The van der Waals surface area contributed by atoms with Gasteiger partial charge in [0, 0.05) is 14.2 Å². The fourth-order valence-corrected chi connectivity index (χ4v) is 1.50. The zero-order valence-electron chi connectivity index (χ0n) is 15.1. The Morgan fingerprint density at radius 2 is 1.45 bits per heavy atom. The van der Waals surface area contributed by atoms with Crippen molar-refractivity contribution in [1.29, 1.82) is 0 Å². The molecule has 1 rings (SSSR count). The van der Waals surface area contributed by atoms with E-state index < -0.39 is 0 Å². The van der Waals surface area contributed by atoms with Crippen molar-refractivity contribution in [1.82, 2.24) is 0 Å². The number of benzene rings is 1. The lowest BCUT2D eigenvalue weighted by molar-refractivity contribution is -0.147. The molecule has 1 aromatic rings. The lowest BCUT2D eigenvalue weighted by Crippen LogP contribution is -2.48. The maximum Gasteiger partial charge on any atom is 0.338 e. The van der Waals surface area contributed by atoms with Crippen molar-refractivity contribution < 1.29 is 19.0 Å². The Morgan fingerprint density at radius 3 is 1.82 bits per heavy atom. The van der Waals surface area contributed by atoms with Gasteiger partial charge in [-0.05, 0) is 53.2 Å². The van der Waals surface area contributed by atoms with Gasteiger partial charge >= 0.3 is 5.97 Å². The van der Waals surface area contributed by atoms with Crippen molar-refractivity contribution in [3.05, 3.63) is 35.4 Å². The largest absolute Gasteiger partial charge is 0.462 e. The SMILES string of the molecule is CCOC(=O)c1ccccc1C.COC(C)(C)C(C)(C)OC. The van der Waals surface area contributed by atoms with Crippen LogP contribution in [0, 0.1) is 6.92 Å². The summed E-state index contributed by atoms with van der Waals surface area (Å²) in [6.45, 7) is 12.2. The second kappa shape index (κ2) is 8.91. The first kappa shape index (κ1) is 20.6. The van der Waals surface area contributed by atoms with Crippen molar-refractivity contribution in [2.75, 3.05) is 20.8 Å². The second-order valence-corrected chi connectivity index (χ2v) is 5.96. The van der Waals surface area contributed by atoms with E-state index in [1.54, 1.807) is 27.2 Å². The van der Waals surface area contributed by atoms with Gasteiger partial charge in [-0.25, -0.2) is 4.79 Å². The number of hydrogen-bond donors (Lipinski definition) is 0. The first-order valence-electron chi connectivity index (χ1n) is 7.46. The van der Waals surface area contributed by atoms with Crippen molar-refractivity contribution in [2.24, 2.45) is 0 Å². The van der Waals surface area contributed by atoms with Gasteiger partial charge in [-0.3, -0.25) is 0 Å². The summed E-state index contributed by atoms with van der Waals surface area (Å²) in [6.07, 6.45) is 0. The highest BCUT2D eigenvalue weighted by atomic mass is 16.5. The standard InChI is InChI=1S/C10H12O2.C8H18O2/c1-3-12-10(11)9-7-5-4-6-8(9)2;1-7(2,9-5)8(3,4)10-6/h4-7H,3H2,1-2H3;1-6H3. The first-order chi connectivity index (χ1) is 10.1. The van der Waals surface area contributed by atoms with Gasteiger partial charge in [-0.1, -0.05) is 18.2 Å². The molecule has 1 aromatic carbocycles. The Kier molecular flexibility index (Phi) is 8.35. The molecule has 126 valence electrons. The van der Waals surface area contributed by atoms with Crippen LogP contribution in [-0.2, 0) is 14.2 Å². The summed E-state index contributed by atoms with van der Waals surface area (Å²) in [6, 6.07) is 7.40. The van der Waals surface area contributed by atoms with Crippen LogP contribution in [0.15, 0.2) is 24.3 Å². The van der Waals surface area contributed by atoms with Gasteiger partial charge in [0.1, 0.15) is 0 Å². The van der Waals surface area contributed by atoms with Gasteiger partial charge < -0.3 is 14.2 Å². The van der Waals surface area contributed by atoms with Crippen molar-refractivity contribution >= 4 is 5.97 Å². The van der Waals surface area contributed by atoms with E-state index in [-0.39, 0.29) is 17.2 Å². The third kappa shape index (κ3) is 5.78. The van der Waals surface area contributed by atoms with E-state index in [9.17, 15) is 4.79 Å². The lowest BCUT2D eigenvalue weighted by atomic mass is 9.89. The summed E-state index contributed by atoms with van der Waals surface area (Å²) in [7, 11) is 3.39. The minimum atomic E-state index is -0.240. The van der Waals surface area contributed by atoms with Crippen LogP contribution in [0.3, 0.4) is 0 Å². The summed E-state index contributed by atoms with van der Waals surface area (Å²) in [5.74, 6) is -0.240. The number of carbonyl (C=O) groups excluding carboxylic acids is 1. The number of methoxy groups -OCH3 is 2. The molecule has 0 aliphatic rings. The van der Waals surface area contributed by atoms with E-state index in [4.69, 9.17) is 14.2 Å². The third-order valence-electron chi connectivity index (χ3n) is 4.11. The molecule has 4 heteroatoms. The maximum atomic E-state index is 11.2. The molecule has 4 nitrogen and oxygen atoms in total. The lowest BCUT2D eigenvalue weighted by Gasteiger charge is -2.38. The predicted octanol–water partition coefficient (Wildman–Crippen LogP) is 4.01. The summed E-state index contributed by atoms with van der Waals surface area (Å²) >= 11 is 0. The number of hydrogen-bond acceptors (Lipinski definition) is 4. The van der Waals surface area contributed by atoms with Gasteiger partial charge in [0.25, 0.3) is 0 Å². The molecular weight excluding hydrogens is 280 g/mol. The molecule has 0 heterocycles. The Hall–Kier alpha value is -1.39. The van der Waals surface area contributed by atoms with E-state index in [0.717, 1.165) is 5.56 Å². The van der Waals surface area contributed by atoms with Gasteiger partial charge in [-0.2, -0.15) is 0 Å². The fourth-order valence-electron chi connectivity index (χ4n) is 1.50. The Morgan fingerprint density at radius 1 is 1.00 bits per heavy atom. The van der Waals surface area contributed by atoms with Gasteiger partial charge in [0.15, 0.2) is 0 Å². The highest BCUT2D eigenvalue weighted by molar-refractivity contribution is 5.90. The summed E-state index contributed by atoms with van der Waals surface area (Å²) in [5.41, 5.74) is 1.14. The molecule has 0 N–H and O–H groups in total. The molecule has 0 bridgehead atoms. The molecule has 0 saturated heterocycles. The first-order valence-corrected chi connectivity index (χ1v) is 7.46. The molecule has 0 aliphatic carbocycles. The fraction of sp³-hybridized carbons (Fsp3) is 0.611. The topological polar surface area (TPSA) is 44.8 Å². The van der Waals surface area contributed by atoms with E-state index in [0.29, 0.717) is 12.2 Å². The summed E-state index contributed by atoms with van der Waals surface area (Å²) in [4.78, 5) is 11.2. The number of ether oxygens (including phenoxy) is 3. The Balaban J connectivity index is 0.000000409. The van der Waals surface area contributed by atoms with Crippen molar-refractivity contribution in [2.45, 2.75) is 52.7 Å². The highest BCUT2D eigenvalue weighted by Gasteiger charge is 2.36. The molecule has 0 saturated carbocycles. The zero-order valence-corrected chi connectivity index (χ0v) is 15.1. The minimum Gasteiger partial charge on any atom is -0.462 e. The zero-order chi connectivity index (χ0) is 17.4. The second-order valence-electron chi connectivity index (χ2n) is 5.96. The molecular formula is C18H30O4. The van der Waals surface area contributed by atoms with E-state index in [2.05, 4.69) is 0 Å². The van der Waals surface area contributed by atoms with Crippen molar-refractivity contribution in [3.8, 4) is 0 Å². The Bertz CT molecular complexity index is 450.